The lowest BCUT2D eigenvalue weighted by Gasteiger charge is -2.07. The van der Waals surface area contributed by atoms with Crippen LogP contribution in [0.3, 0.4) is 0 Å². The number of alkyl halides is 1. The molecule has 0 aliphatic carbocycles. The van der Waals surface area contributed by atoms with E-state index >= 15 is 0 Å². The Bertz CT molecular complexity index is 418. The van der Waals surface area contributed by atoms with Crippen LogP contribution < -0.4 is 4.74 Å². The second-order valence-corrected chi connectivity index (χ2v) is 4.38. The van der Waals surface area contributed by atoms with Crippen LogP contribution in [-0.2, 0) is 9.53 Å². The Balaban J connectivity index is 0.00000191. The summed E-state index contributed by atoms with van der Waals surface area (Å²) in [4.78, 5) is 21.8. The molecule has 0 amide bonds. The molecule has 0 radical (unpaired) electrons. The van der Waals surface area contributed by atoms with E-state index in [1.165, 1.54) is 0 Å². The van der Waals surface area contributed by atoms with Gasteiger partial charge in [-0.3, -0.25) is 9.59 Å². The molecular formula is C15H20Cl2O4. The first-order valence-corrected chi connectivity index (χ1v) is 7.69. The summed E-state index contributed by atoms with van der Waals surface area (Å²) in [6.45, 7) is 4.72. The molecule has 0 aliphatic heterocycles. The van der Waals surface area contributed by atoms with Crippen molar-refractivity contribution >= 4 is 34.4 Å². The van der Waals surface area contributed by atoms with Gasteiger partial charge in [-0.1, -0.05) is 13.8 Å². The van der Waals surface area contributed by atoms with Gasteiger partial charge in [-0.25, -0.2) is 0 Å². The second-order valence-electron chi connectivity index (χ2n) is 3.66. The minimum absolute atomic E-state index is 0.219. The molecule has 0 atom stereocenters. The van der Waals surface area contributed by atoms with Crippen molar-refractivity contribution in [2.75, 3.05) is 19.1 Å². The zero-order valence-electron chi connectivity index (χ0n) is 12.2. The molecule has 0 heterocycles. The summed E-state index contributed by atoms with van der Waals surface area (Å²) in [5.41, 5.74) is 0.420. The molecule has 0 fully saturated rings. The third-order valence-electron chi connectivity index (χ3n) is 2.20. The third-order valence-corrected chi connectivity index (χ3v) is 2.61. The Kier molecular flexibility index (Phi) is 11.7. The zero-order chi connectivity index (χ0) is 16.1. The van der Waals surface area contributed by atoms with Crippen molar-refractivity contribution in [1.82, 2.24) is 0 Å². The lowest BCUT2D eigenvalue weighted by atomic mass is 10.2. The van der Waals surface area contributed by atoms with Gasteiger partial charge in [0.25, 0.3) is 5.24 Å². The molecule has 1 aromatic rings. The van der Waals surface area contributed by atoms with Crippen LogP contribution in [0.25, 0.3) is 0 Å². The molecule has 6 heteroatoms. The number of benzene rings is 1. The molecule has 4 nitrogen and oxygen atoms in total. The molecule has 0 aromatic heterocycles. The fraction of sp³-hybridized carbons (Fsp3) is 0.467. The Morgan fingerprint density at radius 1 is 1.10 bits per heavy atom. The van der Waals surface area contributed by atoms with Crippen LogP contribution in [0.5, 0.6) is 5.75 Å². The van der Waals surface area contributed by atoms with Crippen molar-refractivity contribution in [3.05, 3.63) is 29.8 Å². The Hall–Kier alpha value is -1.26. The van der Waals surface area contributed by atoms with E-state index in [1.807, 2.05) is 13.8 Å². The molecule has 0 saturated carbocycles. The molecule has 118 valence electrons. The quantitative estimate of drug-likeness (QED) is 0.311. The normalized spacial score (nSPS) is 9.33. The van der Waals surface area contributed by atoms with E-state index in [0.717, 1.165) is 0 Å². The maximum atomic E-state index is 11.0. The summed E-state index contributed by atoms with van der Waals surface area (Å²) in [5.74, 6) is 0.592. The molecule has 0 saturated heterocycles. The van der Waals surface area contributed by atoms with Gasteiger partial charge in [0, 0.05) is 17.9 Å². The van der Waals surface area contributed by atoms with Crippen LogP contribution in [0.2, 0.25) is 0 Å². The van der Waals surface area contributed by atoms with E-state index in [2.05, 4.69) is 0 Å². The number of hydrogen-bond donors (Lipinski definition) is 0. The SMILES string of the molecule is CC.O=C(CCCl)OCCCOc1ccc(C(=O)Cl)cc1. The van der Waals surface area contributed by atoms with Crippen molar-refractivity contribution < 1.29 is 19.1 Å². The zero-order valence-corrected chi connectivity index (χ0v) is 13.7. The van der Waals surface area contributed by atoms with E-state index < -0.39 is 5.24 Å². The van der Waals surface area contributed by atoms with Crippen LogP contribution >= 0.6 is 23.2 Å². The molecule has 0 spiro atoms. The van der Waals surface area contributed by atoms with Gasteiger partial charge >= 0.3 is 5.97 Å². The number of rotatable bonds is 8. The number of ether oxygens (including phenoxy) is 2. The summed E-state index contributed by atoms with van der Waals surface area (Å²) < 4.78 is 10.3. The summed E-state index contributed by atoms with van der Waals surface area (Å²) in [6.07, 6.45) is 0.806. The highest BCUT2D eigenvalue weighted by Gasteiger charge is 2.02. The average molecular weight is 335 g/mol. The first-order chi connectivity index (χ1) is 10.1. The smallest absolute Gasteiger partial charge is 0.306 e. The number of carbonyl (C=O) groups excluding carboxylic acids is 2. The highest BCUT2D eigenvalue weighted by molar-refractivity contribution is 6.67. The standard InChI is InChI=1S/C13H14Cl2O4.C2H6/c14-7-6-12(16)19-9-1-8-18-11-4-2-10(3-5-11)13(15)17;1-2/h2-5H,1,6-9H2;1-2H3. The van der Waals surface area contributed by atoms with E-state index in [-0.39, 0.29) is 18.3 Å². The van der Waals surface area contributed by atoms with E-state index in [9.17, 15) is 9.59 Å². The Morgan fingerprint density at radius 2 is 1.71 bits per heavy atom. The summed E-state index contributed by atoms with van der Waals surface area (Å²) in [6, 6.07) is 6.50. The number of hydrogen-bond acceptors (Lipinski definition) is 4. The van der Waals surface area contributed by atoms with Crippen LogP contribution in [0.15, 0.2) is 24.3 Å². The summed E-state index contributed by atoms with van der Waals surface area (Å²) in [5, 5.41) is -0.502. The van der Waals surface area contributed by atoms with E-state index in [0.29, 0.717) is 30.9 Å². The molecule has 0 unspecified atom stereocenters. The molecule has 21 heavy (non-hydrogen) atoms. The van der Waals surface area contributed by atoms with Crippen LogP contribution in [0, 0.1) is 0 Å². The van der Waals surface area contributed by atoms with Crippen molar-refractivity contribution in [2.24, 2.45) is 0 Å². The molecule has 0 N–H and O–H groups in total. The van der Waals surface area contributed by atoms with Crippen molar-refractivity contribution in [3.8, 4) is 5.75 Å². The van der Waals surface area contributed by atoms with Gasteiger partial charge in [0.15, 0.2) is 0 Å². The fourth-order valence-electron chi connectivity index (χ4n) is 1.27. The van der Waals surface area contributed by atoms with Gasteiger partial charge in [-0.15, -0.1) is 11.6 Å². The predicted molar refractivity (Wildman–Crippen MR) is 84.4 cm³/mol. The number of esters is 1. The lowest BCUT2D eigenvalue weighted by Crippen LogP contribution is -2.09. The number of halogens is 2. The van der Waals surface area contributed by atoms with Crippen LogP contribution in [0.4, 0.5) is 0 Å². The summed E-state index contributed by atoms with van der Waals surface area (Å²) in [7, 11) is 0. The second kappa shape index (κ2) is 12.5. The van der Waals surface area contributed by atoms with Crippen LogP contribution in [0.1, 0.15) is 37.0 Å². The topological polar surface area (TPSA) is 52.6 Å². The van der Waals surface area contributed by atoms with Crippen molar-refractivity contribution in [3.63, 3.8) is 0 Å². The number of carbonyl (C=O) groups is 2. The van der Waals surface area contributed by atoms with Gasteiger partial charge < -0.3 is 9.47 Å². The van der Waals surface area contributed by atoms with Crippen LogP contribution in [-0.4, -0.2) is 30.3 Å². The Labute approximate surface area is 135 Å². The van der Waals surface area contributed by atoms with Gasteiger partial charge in [-0.05, 0) is 35.9 Å². The van der Waals surface area contributed by atoms with Crippen molar-refractivity contribution in [2.45, 2.75) is 26.7 Å². The molecule has 1 aromatic carbocycles. The summed E-state index contributed by atoms with van der Waals surface area (Å²) >= 11 is 10.7. The van der Waals surface area contributed by atoms with Crippen molar-refractivity contribution in [1.29, 1.82) is 0 Å². The maximum absolute atomic E-state index is 11.0. The average Bonchev–Trinajstić information content (AvgIpc) is 2.49. The Morgan fingerprint density at radius 3 is 2.24 bits per heavy atom. The highest BCUT2D eigenvalue weighted by Crippen LogP contribution is 2.13. The fourth-order valence-corrected chi connectivity index (χ4v) is 1.55. The molecular weight excluding hydrogens is 315 g/mol. The van der Waals surface area contributed by atoms with E-state index in [4.69, 9.17) is 32.7 Å². The lowest BCUT2D eigenvalue weighted by molar-refractivity contribution is -0.143. The first kappa shape index (κ1) is 19.7. The maximum Gasteiger partial charge on any atom is 0.306 e. The van der Waals surface area contributed by atoms with E-state index in [1.54, 1.807) is 24.3 Å². The first-order valence-electron chi connectivity index (χ1n) is 6.78. The highest BCUT2D eigenvalue weighted by atomic mass is 35.5. The minimum Gasteiger partial charge on any atom is -0.493 e. The van der Waals surface area contributed by atoms with Gasteiger partial charge in [-0.2, -0.15) is 0 Å². The largest absolute Gasteiger partial charge is 0.493 e. The monoisotopic (exact) mass is 334 g/mol. The van der Waals surface area contributed by atoms with Gasteiger partial charge in [0.1, 0.15) is 5.75 Å². The molecule has 0 bridgehead atoms. The molecule has 1 rings (SSSR count). The van der Waals surface area contributed by atoms with Gasteiger partial charge in [0.05, 0.1) is 19.6 Å². The minimum atomic E-state index is -0.502. The third kappa shape index (κ3) is 9.32. The predicted octanol–water partition coefficient (Wildman–Crippen LogP) is 4.03. The van der Waals surface area contributed by atoms with Gasteiger partial charge in [0.2, 0.25) is 0 Å². The molecule has 0 aliphatic rings.